The van der Waals surface area contributed by atoms with Gasteiger partial charge in [0.15, 0.2) is 11.5 Å². The van der Waals surface area contributed by atoms with E-state index in [1.807, 2.05) is 71.6 Å². The molecule has 1 aliphatic heterocycles. The van der Waals surface area contributed by atoms with Crippen LogP contribution in [-0.4, -0.2) is 56.6 Å². The Labute approximate surface area is 210 Å². The van der Waals surface area contributed by atoms with Gasteiger partial charge < -0.3 is 9.80 Å². The first-order valence-electron chi connectivity index (χ1n) is 12.5. The van der Waals surface area contributed by atoms with Crippen LogP contribution in [0, 0.1) is 6.92 Å². The number of aromatic nitrogens is 4. The van der Waals surface area contributed by atoms with E-state index in [4.69, 9.17) is 4.98 Å². The van der Waals surface area contributed by atoms with Gasteiger partial charge in [-0.2, -0.15) is 0 Å². The van der Waals surface area contributed by atoms with Gasteiger partial charge >= 0.3 is 0 Å². The monoisotopic (exact) mass is 476 g/mol. The van der Waals surface area contributed by atoms with Gasteiger partial charge in [-0.05, 0) is 36.6 Å². The minimum absolute atomic E-state index is 0.171. The Morgan fingerprint density at radius 1 is 0.833 bits per heavy atom. The van der Waals surface area contributed by atoms with Crippen molar-refractivity contribution in [1.82, 2.24) is 24.5 Å². The molecular weight excluding hydrogens is 448 g/mol. The third kappa shape index (κ3) is 4.06. The molecule has 7 nitrogen and oxygen atoms in total. The first-order chi connectivity index (χ1) is 17.7. The summed E-state index contributed by atoms with van der Waals surface area (Å²) in [4.78, 5) is 22.4. The van der Waals surface area contributed by atoms with Crippen LogP contribution < -0.4 is 4.90 Å². The fourth-order valence-corrected chi connectivity index (χ4v) is 5.03. The number of carbonyl (C=O) groups excluding carboxylic acids is 1. The number of nitrogens with zero attached hydrogens (tertiary/aromatic N) is 6. The molecule has 0 atom stereocenters. The summed E-state index contributed by atoms with van der Waals surface area (Å²) in [5, 5.41) is 10.2. The van der Waals surface area contributed by atoms with Crippen molar-refractivity contribution in [1.29, 1.82) is 0 Å². The van der Waals surface area contributed by atoms with E-state index in [-0.39, 0.29) is 5.91 Å². The van der Waals surface area contributed by atoms with Gasteiger partial charge in [0.2, 0.25) is 11.9 Å². The van der Waals surface area contributed by atoms with Crippen LogP contribution in [0.5, 0.6) is 0 Å². The van der Waals surface area contributed by atoms with Crippen LogP contribution in [-0.2, 0) is 11.2 Å². The first kappa shape index (κ1) is 22.2. The fraction of sp³-hybridized carbons (Fsp3) is 0.241. The summed E-state index contributed by atoms with van der Waals surface area (Å²) in [6, 6.07) is 26.3. The number of carbonyl (C=O) groups is 1. The molecule has 1 amide bonds. The highest BCUT2D eigenvalue weighted by atomic mass is 16.2. The van der Waals surface area contributed by atoms with Crippen molar-refractivity contribution in [3.63, 3.8) is 0 Å². The smallest absolute Gasteiger partial charge is 0.227 e. The molecule has 0 radical (unpaired) electrons. The second kappa shape index (κ2) is 9.41. The number of fused-ring (bicyclic) bond motifs is 3. The molecule has 36 heavy (non-hydrogen) atoms. The van der Waals surface area contributed by atoms with Crippen molar-refractivity contribution >= 4 is 28.4 Å². The molecule has 7 heteroatoms. The topological polar surface area (TPSA) is 66.6 Å². The Hall–Kier alpha value is -4.26. The Bertz CT molecular complexity index is 1540. The van der Waals surface area contributed by atoms with E-state index >= 15 is 0 Å². The van der Waals surface area contributed by atoms with Gasteiger partial charge in [-0.1, -0.05) is 66.7 Å². The lowest BCUT2D eigenvalue weighted by molar-refractivity contribution is -0.130. The van der Waals surface area contributed by atoms with Crippen LogP contribution in [0.4, 0.5) is 5.95 Å². The summed E-state index contributed by atoms with van der Waals surface area (Å²) in [5.74, 6) is 1.78. The van der Waals surface area contributed by atoms with Crippen LogP contribution >= 0.6 is 0 Å². The zero-order chi connectivity index (χ0) is 24.5. The van der Waals surface area contributed by atoms with Crippen LogP contribution in [0.3, 0.4) is 0 Å². The molecule has 0 aliphatic carbocycles. The summed E-state index contributed by atoms with van der Waals surface area (Å²) < 4.78 is 2.09. The molecule has 3 heterocycles. The number of hydrogen-bond donors (Lipinski definition) is 0. The maximum absolute atomic E-state index is 13.1. The average Bonchev–Trinajstić information content (AvgIpc) is 3.19. The molecule has 0 spiro atoms. The van der Waals surface area contributed by atoms with E-state index in [9.17, 15) is 4.79 Å². The lowest BCUT2D eigenvalue weighted by Crippen LogP contribution is -2.36. The van der Waals surface area contributed by atoms with Crippen molar-refractivity contribution in [3.8, 4) is 11.4 Å². The van der Waals surface area contributed by atoms with Crippen molar-refractivity contribution in [2.75, 3.05) is 31.1 Å². The quantitative estimate of drug-likeness (QED) is 0.381. The second-order valence-corrected chi connectivity index (χ2v) is 9.31. The minimum Gasteiger partial charge on any atom is -0.341 e. The van der Waals surface area contributed by atoms with E-state index in [0.717, 1.165) is 64.5 Å². The normalized spacial score (nSPS) is 14.4. The molecule has 1 saturated heterocycles. The molecule has 0 saturated carbocycles. The SMILES string of the molecule is Cc1ccccc1-c1nnc2c3ccccc3nc(N3CCCN(C(=O)Cc4ccccc4)CC3)n12. The standard InChI is InChI=1S/C29H28N6O/c1-21-10-5-6-13-23(21)27-31-32-28-24-14-7-8-15-25(24)30-29(35(27)28)34-17-9-16-33(18-19-34)26(36)20-22-11-3-2-4-12-22/h2-8,10-15H,9,16-20H2,1H3. The summed E-state index contributed by atoms with van der Waals surface area (Å²) >= 11 is 0. The number of amides is 1. The van der Waals surface area contributed by atoms with Crippen molar-refractivity contribution in [2.45, 2.75) is 19.8 Å². The summed E-state index contributed by atoms with van der Waals surface area (Å²) in [7, 11) is 0. The molecule has 180 valence electrons. The van der Waals surface area contributed by atoms with Crippen molar-refractivity contribution < 1.29 is 4.79 Å². The van der Waals surface area contributed by atoms with E-state index in [1.165, 1.54) is 0 Å². The lowest BCUT2D eigenvalue weighted by atomic mass is 10.1. The average molecular weight is 477 g/mol. The van der Waals surface area contributed by atoms with E-state index in [1.54, 1.807) is 0 Å². The highest BCUT2D eigenvalue weighted by Crippen LogP contribution is 2.30. The molecule has 6 rings (SSSR count). The molecule has 3 aromatic carbocycles. The molecule has 5 aromatic rings. The minimum atomic E-state index is 0.171. The van der Waals surface area contributed by atoms with Gasteiger partial charge in [0.25, 0.3) is 0 Å². The number of rotatable bonds is 4. The van der Waals surface area contributed by atoms with Crippen molar-refractivity contribution in [3.05, 3.63) is 90.0 Å². The van der Waals surface area contributed by atoms with Gasteiger partial charge in [0.1, 0.15) is 0 Å². The predicted molar refractivity (Wildman–Crippen MR) is 142 cm³/mol. The second-order valence-electron chi connectivity index (χ2n) is 9.31. The highest BCUT2D eigenvalue weighted by Gasteiger charge is 2.24. The Kier molecular flexibility index (Phi) is 5.81. The molecular formula is C29H28N6O. The third-order valence-corrected chi connectivity index (χ3v) is 6.94. The van der Waals surface area contributed by atoms with Crippen LogP contribution in [0.1, 0.15) is 17.5 Å². The van der Waals surface area contributed by atoms with Gasteiger partial charge in [-0.3, -0.25) is 4.79 Å². The van der Waals surface area contributed by atoms with E-state index in [2.05, 4.69) is 38.6 Å². The maximum Gasteiger partial charge on any atom is 0.227 e. The van der Waals surface area contributed by atoms with Crippen LogP contribution in [0.15, 0.2) is 78.9 Å². The molecule has 0 unspecified atom stereocenters. The van der Waals surface area contributed by atoms with E-state index in [0.29, 0.717) is 19.5 Å². The molecule has 0 bridgehead atoms. The van der Waals surface area contributed by atoms with Crippen LogP contribution in [0.2, 0.25) is 0 Å². The predicted octanol–water partition coefficient (Wildman–Crippen LogP) is 4.53. The van der Waals surface area contributed by atoms with Crippen molar-refractivity contribution in [2.24, 2.45) is 0 Å². The Morgan fingerprint density at radius 2 is 1.61 bits per heavy atom. The largest absolute Gasteiger partial charge is 0.341 e. The number of hydrogen-bond acceptors (Lipinski definition) is 5. The van der Waals surface area contributed by atoms with Gasteiger partial charge in [0, 0.05) is 37.1 Å². The number of para-hydroxylation sites is 1. The zero-order valence-electron chi connectivity index (χ0n) is 20.3. The zero-order valence-corrected chi connectivity index (χ0v) is 20.3. The van der Waals surface area contributed by atoms with Crippen LogP contribution in [0.25, 0.3) is 27.9 Å². The number of aryl methyl sites for hydroxylation is 1. The fourth-order valence-electron chi connectivity index (χ4n) is 5.03. The summed E-state index contributed by atoms with van der Waals surface area (Å²) in [5.41, 5.74) is 4.92. The Balaban J connectivity index is 1.37. The molecule has 0 N–H and O–H groups in total. The number of benzene rings is 3. The lowest BCUT2D eigenvalue weighted by Gasteiger charge is -2.24. The Morgan fingerprint density at radius 3 is 2.47 bits per heavy atom. The first-order valence-corrected chi connectivity index (χ1v) is 12.5. The third-order valence-electron chi connectivity index (χ3n) is 6.94. The van der Waals surface area contributed by atoms with Gasteiger partial charge in [0.05, 0.1) is 11.9 Å². The van der Waals surface area contributed by atoms with Gasteiger partial charge in [-0.25, -0.2) is 9.38 Å². The molecule has 1 aliphatic rings. The molecule has 1 fully saturated rings. The molecule has 2 aromatic heterocycles. The maximum atomic E-state index is 13.1. The highest BCUT2D eigenvalue weighted by molar-refractivity contribution is 5.93. The summed E-state index contributed by atoms with van der Waals surface area (Å²) in [6.45, 7) is 5.00. The van der Waals surface area contributed by atoms with E-state index < -0.39 is 0 Å². The number of anilines is 1. The van der Waals surface area contributed by atoms with Gasteiger partial charge in [-0.15, -0.1) is 10.2 Å². The summed E-state index contributed by atoms with van der Waals surface area (Å²) in [6.07, 6.45) is 1.31.